The van der Waals surface area contributed by atoms with Crippen molar-refractivity contribution >= 4 is 12.4 Å². The van der Waals surface area contributed by atoms with E-state index in [4.69, 9.17) is 0 Å². The fourth-order valence-corrected chi connectivity index (χ4v) is 2.92. The van der Waals surface area contributed by atoms with Crippen LogP contribution in [-0.2, 0) is 6.54 Å². The third kappa shape index (κ3) is 2.24. The highest BCUT2D eigenvalue weighted by Crippen LogP contribution is 2.28. The number of hydrogen-bond acceptors (Lipinski definition) is 2. The lowest BCUT2D eigenvalue weighted by molar-refractivity contribution is 0.145. The minimum absolute atomic E-state index is 0. The van der Waals surface area contributed by atoms with Crippen LogP contribution in [0.4, 0.5) is 0 Å². The molecule has 3 heteroatoms. The van der Waals surface area contributed by atoms with Crippen molar-refractivity contribution in [3.05, 3.63) is 35.9 Å². The summed E-state index contributed by atoms with van der Waals surface area (Å²) in [6, 6.07) is 12.4. The van der Waals surface area contributed by atoms with Gasteiger partial charge in [0.2, 0.25) is 0 Å². The second-order valence-corrected chi connectivity index (χ2v) is 4.70. The number of piperazine rings is 1. The van der Waals surface area contributed by atoms with Crippen LogP contribution in [0.2, 0.25) is 0 Å². The van der Waals surface area contributed by atoms with Crippen LogP contribution in [0.1, 0.15) is 18.4 Å². The first-order valence-corrected chi connectivity index (χ1v) is 5.94. The second-order valence-electron chi connectivity index (χ2n) is 4.70. The molecule has 0 unspecified atom stereocenters. The zero-order valence-electron chi connectivity index (χ0n) is 9.43. The molecule has 1 N–H and O–H groups in total. The first-order valence-electron chi connectivity index (χ1n) is 5.94. The van der Waals surface area contributed by atoms with Crippen molar-refractivity contribution < 1.29 is 0 Å². The molecule has 1 aromatic carbocycles. The van der Waals surface area contributed by atoms with E-state index in [0.29, 0.717) is 0 Å². The normalized spacial score (nSPS) is 28.8. The predicted molar refractivity (Wildman–Crippen MR) is 68.9 cm³/mol. The Labute approximate surface area is 103 Å². The van der Waals surface area contributed by atoms with E-state index in [9.17, 15) is 0 Å². The van der Waals surface area contributed by atoms with Gasteiger partial charge in [-0.25, -0.2) is 0 Å². The highest BCUT2D eigenvalue weighted by atomic mass is 35.5. The van der Waals surface area contributed by atoms with Crippen molar-refractivity contribution in [1.82, 2.24) is 10.2 Å². The molecule has 2 atom stereocenters. The number of rotatable bonds is 2. The zero-order valence-corrected chi connectivity index (χ0v) is 10.2. The van der Waals surface area contributed by atoms with E-state index in [2.05, 4.69) is 40.5 Å². The maximum absolute atomic E-state index is 3.52. The van der Waals surface area contributed by atoms with E-state index >= 15 is 0 Å². The van der Waals surface area contributed by atoms with Gasteiger partial charge in [0.25, 0.3) is 0 Å². The smallest absolute Gasteiger partial charge is 0.0240 e. The lowest BCUT2D eigenvalue weighted by Crippen LogP contribution is -2.51. The van der Waals surface area contributed by atoms with Crippen LogP contribution in [0.15, 0.2) is 30.3 Å². The summed E-state index contributed by atoms with van der Waals surface area (Å²) in [4.78, 5) is 2.69. The summed E-state index contributed by atoms with van der Waals surface area (Å²) < 4.78 is 0. The van der Waals surface area contributed by atoms with Crippen LogP contribution in [0.5, 0.6) is 0 Å². The van der Waals surface area contributed by atoms with Crippen LogP contribution in [0.25, 0.3) is 0 Å². The van der Waals surface area contributed by atoms with Crippen LogP contribution in [0.3, 0.4) is 0 Å². The molecule has 2 nitrogen and oxygen atoms in total. The maximum atomic E-state index is 3.52. The van der Waals surface area contributed by atoms with Gasteiger partial charge in [-0.2, -0.15) is 0 Å². The van der Waals surface area contributed by atoms with Crippen LogP contribution < -0.4 is 5.32 Å². The molecule has 3 rings (SSSR count). The minimum Gasteiger partial charge on any atom is -0.314 e. The Morgan fingerprint density at radius 2 is 1.69 bits per heavy atom. The first-order chi connectivity index (χ1) is 7.43. The largest absolute Gasteiger partial charge is 0.314 e. The molecule has 2 bridgehead atoms. The van der Waals surface area contributed by atoms with Crippen molar-refractivity contribution in [3.8, 4) is 0 Å². The number of nitrogens with one attached hydrogen (secondary N) is 1. The molecule has 0 aromatic heterocycles. The van der Waals surface area contributed by atoms with Crippen LogP contribution >= 0.6 is 12.4 Å². The summed E-state index contributed by atoms with van der Waals surface area (Å²) in [5.41, 5.74) is 1.45. The summed E-state index contributed by atoms with van der Waals surface area (Å²) in [5, 5.41) is 3.52. The van der Waals surface area contributed by atoms with Gasteiger partial charge in [0.05, 0.1) is 0 Å². The Balaban J connectivity index is 0.000000963. The molecule has 0 saturated carbocycles. The summed E-state index contributed by atoms with van der Waals surface area (Å²) in [6.07, 6.45) is 2.76. The second kappa shape index (κ2) is 5.17. The number of benzene rings is 1. The van der Waals surface area contributed by atoms with Gasteiger partial charge in [0.1, 0.15) is 0 Å². The highest BCUT2D eigenvalue weighted by molar-refractivity contribution is 5.85. The van der Waals surface area contributed by atoms with Gasteiger partial charge in [-0.15, -0.1) is 12.4 Å². The molecule has 1 aromatic rings. The minimum atomic E-state index is 0. The average Bonchev–Trinajstić information content (AvgIpc) is 2.53. The van der Waals surface area contributed by atoms with E-state index < -0.39 is 0 Å². The molecule has 2 fully saturated rings. The molecular weight excluding hydrogens is 220 g/mol. The van der Waals surface area contributed by atoms with Gasteiger partial charge >= 0.3 is 0 Å². The van der Waals surface area contributed by atoms with Gasteiger partial charge in [-0.3, -0.25) is 4.90 Å². The molecule has 16 heavy (non-hydrogen) atoms. The number of fused-ring (bicyclic) bond motifs is 2. The third-order valence-corrected chi connectivity index (χ3v) is 3.74. The lowest BCUT2D eigenvalue weighted by atomic mass is 10.1. The van der Waals surface area contributed by atoms with E-state index in [1.165, 1.54) is 31.5 Å². The molecule has 88 valence electrons. The quantitative estimate of drug-likeness (QED) is 0.849. The predicted octanol–water partition coefficient (Wildman–Crippen LogP) is 2.04. The summed E-state index contributed by atoms with van der Waals surface area (Å²) in [5.74, 6) is 0. The standard InChI is InChI=1S/C13H18N2.ClH/c1-2-4-11(5-3-1)10-15-12-6-7-13(15)9-14-8-12;/h1-5,12-14H,6-10H2;1H/t12-,13+;. The van der Waals surface area contributed by atoms with Crippen molar-refractivity contribution in [2.75, 3.05) is 13.1 Å². The Morgan fingerprint density at radius 3 is 2.31 bits per heavy atom. The van der Waals surface area contributed by atoms with Gasteiger partial charge in [-0.05, 0) is 18.4 Å². The number of hydrogen-bond donors (Lipinski definition) is 1. The Hall–Kier alpha value is -0.570. The zero-order chi connectivity index (χ0) is 10.1. The molecule has 2 aliphatic rings. The van der Waals surface area contributed by atoms with Gasteiger partial charge in [-0.1, -0.05) is 30.3 Å². The van der Waals surface area contributed by atoms with E-state index in [-0.39, 0.29) is 12.4 Å². The third-order valence-electron chi connectivity index (χ3n) is 3.74. The summed E-state index contributed by atoms with van der Waals surface area (Å²) in [6.45, 7) is 3.50. The number of nitrogens with zero attached hydrogens (tertiary/aromatic N) is 1. The SMILES string of the molecule is Cl.c1ccc(CN2[C@@H]3CC[C@H]2CNC3)cc1. The van der Waals surface area contributed by atoms with Crippen LogP contribution in [0, 0.1) is 0 Å². The van der Waals surface area contributed by atoms with E-state index in [1.54, 1.807) is 0 Å². The van der Waals surface area contributed by atoms with Gasteiger partial charge < -0.3 is 5.32 Å². The Bertz CT molecular complexity index is 312. The maximum Gasteiger partial charge on any atom is 0.0240 e. The topological polar surface area (TPSA) is 15.3 Å². The fraction of sp³-hybridized carbons (Fsp3) is 0.538. The van der Waals surface area contributed by atoms with Crippen molar-refractivity contribution in [2.24, 2.45) is 0 Å². The molecule has 0 spiro atoms. The molecule has 0 amide bonds. The molecule has 2 saturated heterocycles. The Kier molecular flexibility index (Phi) is 3.85. The summed E-state index contributed by atoms with van der Waals surface area (Å²) >= 11 is 0. The first kappa shape index (κ1) is 11.9. The lowest BCUT2D eigenvalue weighted by Gasteiger charge is -2.35. The van der Waals surface area contributed by atoms with Gasteiger partial charge in [0, 0.05) is 31.7 Å². The van der Waals surface area contributed by atoms with Gasteiger partial charge in [0.15, 0.2) is 0 Å². The van der Waals surface area contributed by atoms with E-state index in [1.807, 2.05) is 0 Å². The van der Waals surface area contributed by atoms with Crippen LogP contribution in [-0.4, -0.2) is 30.1 Å². The Morgan fingerprint density at radius 1 is 1.06 bits per heavy atom. The van der Waals surface area contributed by atoms with Crippen molar-refractivity contribution in [3.63, 3.8) is 0 Å². The summed E-state index contributed by atoms with van der Waals surface area (Å²) in [7, 11) is 0. The fourth-order valence-electron chi connectivity index (χ4n) is 2.92. The molecular formula is C13H19ClN2. The van der Waals surface area contributed by atoms with Crippen molar-refractivity contribution in [2.45, 2.75) is 31.5 Å². The van der Waals surface area contributed by atoms with E-state index in [0.717, 1.165) is 18.6 Å². The monoisotopic (exact) mass is 238 g/mol. The molecule has 2 aliphatic heterocycles. The molecule has 0 radical (unpaired) electrons. The van der Waals surface area contributed by atoms with Crippen molar-refractivity contribution in [1.29, 1.82) is 0 Å². The highest BCUT2D eigenvalue weighted by Gasteiger charge is 2.35. The molecule has 2 heterocycles. The average molecular weight is 239 g/mol. The number of halogens is 1. The molecule has 0 aliphatic carbocycles.